The van der Waals surface area contributed by atoms with Crippen molar-refractivity contribution in [1.82, 2.24) is 5.32 Å². The number of anilines is 1. The lowest BCUT2D eigenvalue weighted by atomic mass is 10.1. The van der Waals surface area contributed by atoms with Crippen molar-refractivity contribution >= 4 is 11.6 Å². The van der Waals surface area contributed by atoms with Gasteiger partial charge in [0.2, 0.25) is 5.91 Å². The average molecular weight is 330 g/mol. The minimum atomic E-state index is 0.00284. The molecule has 0 aliphatic carbocycles. The van der Waals surface area contributed by atoms with Gasteiger partial charge in [0, 0.05) is 12.2 Å². The molecule has 0 bridgehead atoms. The summed E-state index contributed by atoms with van der Waals surface area (Å²) in [6, 6.07) is 28.5. The molecule has 2 N–H and O–H groups in total. The van der Waals surface area contributed by atoms with Crippen LogP contribution in [0.4, 0.5) is 5.69 Å². The van der Waals surface area contributed by atoms with E-state index in [0.717, 1.165) is 12.1 Å². The van der Waals surface area contributed by atoms with Crippen LogP contribution in [0, 0.1) is 0 Å². The second-order valence-corrected chi connectivity index (χ2v) is 5.88. The van der Waals surface area contributed by atoms with E-state index in [1.54, 1.807) is 0 Å². The van der Waals surface area contributed by atoms with Gasteiger partial charge in [0.05, 0.1) is 6.54 Å². The summed E-state index contributed by atoms with van der Waals surface area (Å²) in [5.74, 6) is 0.00284. The number of amides is 1. The Balaban J connectivity index is 1.43. The van der Waals surface area contributed by atoms with Gasteiger partial charge in [-0.15, -0.1) is 0 Å². The SMILES string of the molecule is O=C(CNc1ccc(-c2ccccc2)cc1)NCCc1ccccc1. The van der Waals surface area contributed by atoms with Gasteiger partial charge >= 0.3 is 0 Å². The number of nitrogens with one attached hydrogen (secondary N) is 2. The Morgan fingerprint density at radius 3 is 2.00 bits per heavy atom. The monoisotopic (exact) mass is 330 g/mol. The first-order valence-corrected chi connectivity index (χ1v) is 8.51. The standard InChI is InChI=1S/C22H22N2O/c25-22(23-16-15-18-7-3-1-4-8-18)17-24-21-13-11-20(12-14-21)19-9-5-2-6-10-19/h1-14,24H,15-17H2,(H,23,25). The van der Waals surface area contributed by atoms with Crippen LogP contribution in [0.5, 0.6) is 0 Å². The van der Waals surface area contributed by atoms with Gasteiger partial charge in [-0.1, -0.05) is 72.8 Å². The zero-order valence-electron chi connectivity index (χ0n) is 14.1. The van der Waals surface area contributed by atoms with Crippen LogP contribution in [0.3, 0.4) is 0 Å². The maximum atomic E-state index is 11.9. The summed E-state index contributed by atoms with van der Waals surface area (Å²) in [6.45, 7) is 0.928. The zero-order valence-corrected chi connectivity index (χ0v) is 14.1. The molecule has 126 valence electrons. The fourth-order valence-corrected chi connectivity index (χ4v) is 2.65. The van der Waals surface area contributed by atoms with E-state index in [9.17, 15) is 4.79 Å². The number of hydrogen-bond acceptors (Lipinski definition) is 2. The molecular formula is C22H22N2O. The number of rotatable bonds is 7. The summed E-state index contributed by atoms with van der Waals surface area (Å²) in [7, 11) is 0. The number of carbonyl (C=O) groups is 1. The first kappa shape index (κ1) is 16.8. The van der Waals surface area contributed by atoms with Crippen LogP contribution < -0.4 is 10.6 Å². The lowest BCUT2D eigenvalue weighted by Crippen LogP contribution is -2.31. The van der Waals surface area contributed by atoms with Crippen molar-refractivity contribution < 1.29 is 4.79 Å². The third-order valence-corrected chi connectivity index (χ3v) is 4.02. The summed E-state index contributed by atoms with van der Waals surface area (Å²) in [5, 5.41) is 6.10. The molecule has 3 heteroatoms. The molecule has 3 aromatic carbocycles. The Labute approximate surface area is 148 Å². The third-order valence-electron chi connectivity index (χ3n) is 4.02. The zero-order chi connectivity index (χ0) is 17.3. The van der Waals surface area contributed by atoms with E-state index in [0.29, 0.717) is 6.54 Å². The van der Waals surface area contributed by atoms with Crippen LogP contribution in [-0.2, 0) is 11.2 Å². The van der Waals surface area contributed by atoms with Crippen molar-refractivity contribution in [3.05, 3.63) is 90.5 Å². The van der Waals surface area contributed by atoms with Crippen molar-refractivity contribution in [1.29, 1.82) is 0 Å². The quantitative estimate of drug-likeness (QED) is 0.684. The lowest BCUT2D eigenvalue weighted by molar-refractivity contribution is -0.119. The van der Waals surface area contributed by atoms with Gasteiger partial charge in [-0.25, -0.2) is 0 Å². The summed E-state index contributed by atoms with van der Waals surface area (Å²) in [6.07, 6.45) is 0.846. The molecule has 3 aromatic rings. The van der Waals surface area contributed by atoms with E-state index in [2.05, 4.69) is 47.0 Å². The Kier molecular flexibility index (Phi) is 5.83. The minimum Gasteiger partial charge on any atom is -0.376 e. The van der Waals surface area contributed by atoms with Crippen molar-refractivity contribution in [2.45, 2.75) is 6.42 Å². The minimum absolute atomic E-state index is 0.00284. The molecule has 3 rings (SSSR count). The maximum absolute atomic E-state index is 11.9. The summed E-state index contributed by atoms with van der Waals surface area (Å²) >= 11 is 0. The molecule has 0 atom stereocenters. The summed E-state index contributed by atoms with van der Waals surface area (Å²) in [4.78, 5) is 11.9. The highest BCUT2D eigenvalue weighted by Crippen LogP contribution is 2.20. The molecule has 25 heavy (non-hydrogen) atoms. The molecule has 0 aromatic heterocycles. The first-order chi connectivity index (χ1) is 12.3. The van der Waals surface area contributed by atoms with Gasteiger partial charge in [0.25, 0.3) is 0 Å². The summed E-state index contributed by atoms with van der Waals surface area (Å²) in [5.41, 5.74) is 4.52. The van der Waals surface area contributed by atoms with Gasteiger partial charge < -0.3 is 10.6 Å². The van der Waals surface area contributed by atoms with Gasteiger partial charge in [-0.2, -0.15) is 0 Å². The fraction of sp³-hybridized carbons (Fsp3) is 0.136. The molecule has 0 heterocycles. The Hall–Kier alpha value is -3.07. The molecule has 0 aliphatic rings. The van der Waals surface area contributed by atoms with E-state index >= 15 is 0 Å². The van der Waals surface area contributed by atoms with Crippen LogP contribution in [0.25, 0.3) is 11.1 Å². The molecule has 1 amide bonds. The van der Waals surface area contributed by atoms with Crippen LogP contribution >= 0.6 is 0 Å². The molecule has 0 radical (unpaired) electrons. The second-order valence-electron chi connectivity index (χ2n) is 5.88. The van der Waals surface area contributed by atoms with E-state index < -0.39 is 0 Å². The van der Waals surface area contributed by atoms with Crippen molar-refractivity contribution in [2.24, 2.45) is 0 Å². The average Bonchev–Trinajstić information content (AvgIpc) is 2.68. The highest BCUT2D eigenvalue weighted by atomic mass is 16.1. The molecule has 0 aliphatic heterocycles. The van der Waals surface area contributed by atoms with E-state index in [1.165, 1.54) is 16.7 Å². The number of carbonyl (C=O) groups excluding carboxylic acids is 1. The van der Waals surface area contributed by atoms with Crippen molar-refractivity contribution in [3.63, 3.8) is 0 Å². The smallest absolute Gasteiger partial charge is 0.239 e. The first-order valence-electron chi connectivity index (χ1n) is 8.51. The highest BCUT2D eigenvalue weighted by Gasteiger charge is 2.02. The summed E-state index contributed by atoms with van der Waals surface area (Å²) < 4.78 is 0. The van der Waals surface area contributed by atoms with Crippen molar-refractivity contribution in [3.8, 4) is 11.1 Å². The van der Waals surface area contributed by atoms with Gasteiger partial charge in [-0.3, -0.25) is 4.79 Å². The Morgan fingerprint density at radius 1 is 0.720 bits per heavy atom. The maximum Gasteiger partial charge on any atom is 0.239 e. The molecule has 0 unspecified atom stereocenters. The molecule has 3 nitrogen and oxygen atoms in total. The lowest BCUT2D eigenvalue weighted by Gasteiger charge is -2.09. The Morgan fingerprint density at radius 2 is 1.32 bits per heavy atom. The van der Waals surface area contributed by atoms with Gasteiger partial charge in [0.15, 0.2) is 0 Å². The molecule has 0 fully saturated rings. The van der Waals surface area contributed by atoms with Crippen molar-refractivity contribution in [2.75, 3.05) is 18.4 Å². The topological polar surface area (TPSA) is 41.1 Å². The highest BCUT2D eigenvalue weighted by molar-refractivity contribution is 5.80. The number of hydrogen-bond donors (Lipinski definition) is 2. The fourth-order valence-electron chi connectivity index (χ4n) is 2.65. The largest absolute Gasteiger partial charge is 0.376 e. The van der Waals surface area contributed by atoms with E-state index in [4.69, 9.17) is 0 Å². The van der Waals surface area contributed by atoms with E-state index in [-0.39, 0.29) is 12.5 Å². The molecule has 0 saturated heterocycles. The number of benzene rings is 3. The van der Waals surface area contributed by atoms with Crippen LogP contribution in [0.15, 0.2) is 84.9 Å². The normalized spacial score (nSPS) is 10.2. The van der Waals surface area contributed by atoms with E-state index in [1.807, 2.05) is 48.5 Å². The molecular weight excluding hydrogens is 308 g/mol. The van der Waals surface area contributed by atoms with Crippen LogP contribution in [0.2, 0.25) is 0 Å². The van der Waals surface area contributed by atoms with Gasteiger partial charge in [0.1, 0.15) is 0 Å². The molecule has 0 spiro atoms. The molecule has 0 saturated carbocycles. The second kappa shape index (κ2) is 8.69. The van der Waals surface area contributed by atoms with Crippen LogP contribution in [-0.4, -0.2) is 19.0 Å². The Bertz CT molecular complexity index is 783. The third kappa shape index (κ3) is 5.21. The van der Waals surface area contributed by atoms with Gasteiger partial charge in [-0.05, 0) is 35.2 Å². The predicted octanol–water partition coefficient (Wildman–Crippen LogP) is 4.12. The van der Waals surface area contributed by atoms with Crippen LogP contribution in [0.1, 0.15) is 5.56 Å². The predicted molar refractivity (Wildman–Crippen MR) is 104 cm³/mol.